The smallest absolute Gasteiger partial charge is 0.374 e. The summed E-state index contributed by atoms with van der Waals surface area (Å²) in [5.74, 6) is 0. The van der Waals surface area contributed by atoms with E-state index in [2.05, 4.69) is 27.4 Å². The summed E-state index contributed by atoms with van der Waals surface area (Å²) in [4.78, 5) is 0. The van der Waals surface area contributed by atoms with Crippen molar-refractivity contribution in [1.29, 1.82) is 0 Å². The summed E-state index contributed by atoms with van der Waals surface area (Å²) in [7, 11) is -0.112. The molecule has 0 radical (unpaired) electrons. The van der Waals surface area contributed by atoms with E-state index in [4.69, 9.17) is 26.6 Å². The Balaban J connectivity index is 0. The summed E-state index contributed by atoms with van der Waals surface area (Å²) in [5.41, 5.74) is 1.58. The van der Waals surface area contributed by atoms with E-state index in [1.165, 1.54) is 0 Å². The van der Waals surface area contributed by atoms with Crippen LogP contribution < -0.4 is 0 Å². The van der Waals surface area contributed by atoms with Crippen LogP contribution in [-0.4, -0.2) is 58.8 Å². The van der Waals surface area contributed by atoms with E-state index in [0.717, 1.165) is 39.1 Å². The van der Waals surface area contributed by atoms with Crippen LogP contribution in [0.25, 0.3) is 0 Å². The summed E-state index contributed by atoms with van der Waals surface area (Å²) in [6, 6.07) is 0. The molecule has 0 heterocycles. The molecule has 0 unspecified atom stereocenters. The molecule has 0 aliphatic carbocycles. The molecule has 0 atom stereocenters. The van der Waals surface area contributed by atoms with Gasteiger partial charge in [-0.2, -0.15) is 0 Å². The molecule has 23 heavy (non-hydrogen) atoms. The Labute approximate surface area is 144 Å². The van der Waals surface area contributed by atoms with Gasteiger partial charge in [0.1, 0.15) is 0 Å². The lowest BCUT2D eigenvalue weighted by molar-refractivity contribution is 0.0658. The first-order valence-corrected chi connectivity index (χ1v) is 12.2. The number of rotatable bonds is 13. The van der Waals surface area contributed by atoms with Crippen LogP contribution in [-0.2, 0) is 26.6 Å². The van der Waals surface area contributed by atoms with Crippen molar-refractivity contribution in [2.75, 3.05) is 41.2 Å². The molecule has 0 fully saturated rings. The van der Waals surface area contributed by atoms with E-state index < -0.39 is 17.6 Å². The Morgan fingerprint density at radius 3 is 1.17 bits per heavy atom. The fraction of sp³-hybridized carbons (Fsp3) is 0.867. The normalized spacial score (nSPS) is 11.8. The largest absolute Gasteiger partial charge is 0.528 e. The Morgan fingerprint density at radius 2 is 1.04 bits per heavy atom. The maximum absolute atomic E-state index is 5.68. The standard InChI is InChI=1S/C10H24O3Si.C5H12O3Si/c1-5-8-11-14(4,12-9-6-2)13-10-7-3;1-5-9(6-2,7-3)8-4/h5-10H2,1-4H3;5H,1H2,2-4H3. The number of hydrogen-bond acceptors (Lipinski definition) is 6. The van der Waals surface area contributed by atoms with Gasteiger partial charge in [0.05, 0.1) is 0 Å². The van der Waals surface area contributed by atoms with Gasteiger partial charge in [-0.05, 0) is 25.0 Å². The van der Waals surface area contributed by atoms with Gasteiger partial charge in [-0.25, -0.2) is 0 Å². The molecule has 0 amide bonds. The Hall–Kier alpha value is -0.0662. The summed E-state index contributed by atoms with van der Waals surface area (Å²) < 4.78 is 31.9. The van der Waals surface area contributed by atoms with Crippen LogP contribution in [0.3, 0.4) is 0 Å². The first-order valence-electron chi connectivity index (χ1n) is 8.13. The predicted molar refractivity (Wildman–Crippen MR) is 97.3 cm³/mol. The summed E-state index contributed by atoms with van der Waals surface area (Å²) in [6.07, 6.45) is 3.02. The third-order valence-electron chi connectivity index (χ3n) is 2.81. The van der Waals surface area contributed by atoms with E-state index in [1.807, 2.05) is 6.55 Å². The topological polar surface area (TPSA) is 55.4 Å². The molecule has 0 aromatic rings. The second-order valence-corrected chi connectivity index (χ2v) is 10.3. The van der Waals surface area contributed by atoms with Crippen LogP contribution in [0.15, 0.2) is 12.3 Å². The van der Waals surface area contributed by atoms with Crippen LogP contribution >= 0.6 is 0 Å². The van der Waals surface area contributed by atoms with Crippen molar-refractivity contribution in [1.82, 2.24) is 0 Å². The molecular weight excluding hydrogens is 332 g/mol. The second-order valence-electron chi connectivity index (χ2n) is 4.83. The van der Waals surface area contributed by atoms with Crippen molar-refractivity contribution in [3.63, 3.8) is 0 Å². The van der Waals surface area contributed by atoms with Gasteiger partial charge in [0, 0.05) is 47.7 Å². The van der Waals surface area contributed by atoms with Crippen LogP contribution in [0.2, 0.25) is 6.55 Å². The SMILES string of the molecule is C=C[Si](OC)(OC)OC.CCCO[Si](C)(OCCC)OCCC. The molecule has 0 bridgehead atoms. The van der Waals surface area contributed by atoms with Crippen LogP contribution in [0.4, 0.5) is 0 Å². The van der Waals surface area contributed by atoms with Crippen LogP contribution in [0, 0.1) is 0 Å². The van der Waals surface area contributed by atoms with Gasteiger partial charge in [-0.15, -0.1) is 0 Å². The fourth-order valence-electron chi connectivity index (χ4n) is 1.49. The highest BCUT2D eigenvalue weighted by Gasteiger charge is 2.34. The van der Waals surface area contributed by atoms with Crippen molar-refractivity contribution in [3.05, 3.63) is 12.3 Å². The van der Waals surface area contributed by atoms with Gasteiger partial charge in [-0.3, -0.25) is 0 Å². The molecule has 140 valence electrons. The third-order valence-corrected chi connectivity index (χ3v) is 7.20. The lowest BCUT2D eigenvalue weighted by atomic mass is 10.5. The lowest BCUT2D eigenvalue weighted by Gasteiger charge is -2.25. The van der Waals surface area contributed by atoms with Crippen molar-refractivity contribution in [2.45, 2.75) is 46.6 Å². The zero-order valence-corrected chi connectivity index (χ0v) is 18.0. The van der Waals surface area contributed by atoms with E-state index in [-0.39, 0.29) is 0 Å². The predicted octanol–water partition coefficient (Wildman–Crippen LogP) is 3.42. The highest BCUT2D eigenvalue weighted by atomic mass is 28.4. The van der Waals surface area contributed by atoms with Crippen molar-refractivity contribution in [3.8, 4) is 0 Å². The summed E-state index contributed by atoms with van der Waals surface area (Å²) in [6.45, 7) is 14.0. The highest BCUT2D eigenvalue weighted by molar-refractivity contribution is 6.66. The molecule has 0 aromatic heterocycles. The molecule has 0 aliphatic heterocycles. The Kier molecular flexibility index (Phi) is 16.9. The summed E-state index contributed by atoms with van der Waals surface area (Å²) in [5, 5.41) is 0. The van der Waals surface area contributed by atoms with Gasteiger partial charge < -0.3 is 26.6 Å². The molecule has 0 saturated carbocycles. The first-order chi connectivity index (χ1) is 10.9. The molecule has 0 N–H and O–H groups in total. The van der Waals surface area contributed by atoms with Gasteiger partial charge in [0.15, 0.2) is 0 Å². The molecule has 0 rings (SSSR count). The minimum atomic E-state index is -2.43. The average molecular weight is 369 g/mol. The van der Waals surface area contributed by atoms with Crippen molar-refractivity contribution < 1.29 is 26.6 Å². The summed E-state index contributed by atoms with van der Waals surface area (Å²) >= 11 is 0. The van der Waals surface area contributed by atoms with Crippen molar-refractivity contribution in [2.24, 2.45) is 0 Å². The van der Waals surface area contributed by atoms with Gasteiger partial charge in [-0.1, -0.05) is 27.4 Å². The maximum Gasteiger partial charge on any atom is 0.528 e. The fourth-order valence-corrected chi connectivity index (χ4v) is 4.46. The zero-order chi connectivity index (χ0) is 18.2. The minimum Gasteiger partial charge on any atom is -0.374 e. The third kappa shape index (κ3) is 12.0. The minimum absolute atomic E-state index is 0.732. The first kappa shape index (κ1) is 25.2. The van der Waals surface area contributed by atoms with Crippen LogP contribution in [0.5, 0.6) is 0 Å². The molecule has 0 aromatic carbocycles. The van der Waals surface area contributed by atoms with Gasteiger partial charge >= 0.3 is 17.6 Å². The van der Waals surface area contributed by atoms with E-state index in [9.17, 15) is 0 Å². The molecule has 8 heteroatoms. The van der Waals surface area contributed by atoms with E-state index in [1.54, 1.807) is 27.0 Å². The molecule has 6 nitrogen and oxygen atoms in total. The lowest BCUT2D eigenvalue weighted by Crippen LogP contribution is -2.43. The van der Waals surface area contributed by atoms with E-state index in [0.29, 0.717) is 0 Å². The molecule has 0 spiro atoms. The molecule has 0 saturated heterocycles. The van der Waals surface area contributed by atoms with Gasteiger partial charge in [0.25, 0.3) is 0 Å². The molecule has 0 aliphatic rings. The monoisotopic (exact) mass is 368 g/mol. The van der Waals surface area contributed by atoms with E-state index >= 15 is 0 Å². The second kappa shape index (κ2) is 15.5. The quantitative estimate of drug-likeness (QED) is 0.464. The Bertz CT molecular complexity index is 245. The van der Waals surface area contributed by atoms with Gasteiger partial charge in [0.2, 0.25) is 0 Å². The van der Waals surface area contributed by atoms with Crippen LogP contribution in [0.1, 0.15) is 40.0 Å². The maximum atomic E-state index is 5.68. The van der Waals surface area contributed by atoms with Crippen molar-refractivity contribution >= 4 is 17.6 Å². The zero-order valence-electron chi connectivity index (χ0n) is 16.0. The Morgan fingerprint density at radius 1 is 0.739 bits per heavy atom. The highest BCUT2D eigenvalue weighted by Crippen LogP contribution is 2.11. The average Bonchev–Trinajstić information content (AvgIpc) is 2.60. The number of hydrogen-bond donors (Lipinski definition) is 0. The molecular formula is C15H36O6Si2.